The standard InChI is InChI=1S/C24H24ClNO5/c1-14-12-17-13-16(6-9-19(17)31-14)22(27)20-21(15-4-7-18(25)8-5-15)26(10-3-11-30-2)24(29)23(20)28/h4-9,13-14,21,27H,3,10-12H2,1-2H3. The number of likely N-dealkylation sites (tertiary alicyclic amines) is 1. The molecule has 4 rings (SSSR count). The number of ketones is 1. The van der Waals surface area contributed by atoms with Crippen LogP contribution < -0.4 is 4.74 Å². The van der Waals surface area contributed by atoms with E-state index in [1.165, 1.54) is 4.90 Å². The first-order chi connectivity index (χ1) is 14.9. The van der Waals surface area contributed by atoms with Crippen molar-refractivity contribution in [2.75, 3.05) is 20.3 Å². The number of Topliss-reactive ketones (excluding diaryl/α,β-unsaturated/α-hetero) is 1. The molecule has 1 saturated heterocycles. The molecule has 0 bridgehead atoms. The maximum Gasteiger partial charge on any atom is 0.295 e. The zero-order valence-corrected chi connectivity index (χ0v) is 18.2. The minimum absolute atomic E-state index is 0.0628. The van der Waals surface area contributed by atoms with Crippen LogP contribution in [0, 0.1) is 0 Å². The van der Waals surface area contributed by atoms with Gasteiger partial charge in [0.15, 0.2) is 0 Å². The van der Waals surface area contributed by atoms with Gasteiger partial charge in [-0.25, -0.2) is 0 Å². The fourth-order valence-corrected chi connectivity index (χ4v) is 4.33. The summed E-state index contributed by atoms with van der Waals surface area (Å²) in [4.78, 5) is 27.4. The van der Waals surface area contributed by atoms with E-state index in [4.69, 9.17) is 21.1 Å². The lowest BCUT2D eigenvalue weighted by Crippen LogP contribution is -2.31. The van der Waals surface area contributed by atoms with Crippen LogP contribution in [-0.4, -0.2) is 48.1 Å². The van der Waals surface area contributed by atoms with Gasteiger partial charge in [-0.05, 0) is 54.8 Å². The molecule has 6 nitrogen and oxygen atoms in total. The van der Waals surface area contributed by atoms with Crippen molar-refractivity contribution in [3.8, 4) is 5.75 Å². The van der Waals surface area contributed by atoms with E-state index >= 15 is 0 Å². The Hall–Kier alpha value is -2.83. The van der Waals surface area contributed by atoms with Crippen molar-refractivity contribution in [2.45, 2.75) is 31.9 Å². The number of halogens is 1. The highest BCUT2D eigenvalue weighted by Crippen LogP contribution is 2.40. The van der Waals surface area contributed by atoms with Crippen molar-refractivity contribution in [3.63, 3.8) is 0 Å². The highest BCUT2D eigenvalue weighted by Gasteiger charge is 2.45. The summed E-state index contributed by atoms with van der Waals surface area (Å²) in [5.41, 5.74) is 2.25. The molecule has 7 heteroatoms. The number of amides is 1. The third-order valence-electron chi connectivity index (χ3n) is 5.64. The van der Waals surface area contributed by atoms with Crippen LogP contribution in [0.4, 0.5) is 0 Å². The van der Waals surface area contributed by atoms with E-state index in [-0.39, 0.29) is 17.4 Å². The van der Waals surface area contributed by atoms with Crippen LogP contribution in [0.3, 0.4) is 0 Å². The van der Waals surface area contributed by atoms with Crippen molar-refractivity contribution in [3.05, 3.63) is 69.8 Å². The van der Waals surface area contributed by atoms with Gasteiger partial charge in [-0.15, -0.1) is 0 Å². The number of aliphatic hydroxyl groups excluding tert-OH is 1. The molecule has 2 aliphatic rings. The summed E-state index contributed by atoms with van der Waals surface area (Å²) in [6.07, 6.45) is 1.36. The minimum atomic E-state index is -0.697. The van der Waals surface area contributed by atoms with Gasteiger partial charge >= 0.3 is 0 Å². The second kappa shape index (κ2) is 8.73. The van der Waals surface area contributed by atoms with Crippen LogP contribution in [0.5, 0.6) is 5.75 Å². The van der Waals surface area contributed by atoms with Gasteiger partial charge in [-0.3, -0.25) is 9.59 Å². The Labute approximate surface area is 186 Å². The van der Waals surface area contributed by atoms with E-state index in [0.717, 1.165) is 17.7 Å². The molecule has 0 radical (unpaired) electrons. The van der Waals surface area contributed by atoms with Gasteiger partial charge in [0.2, 0.25) is 0 Å². The van der Waals surface area contributed by atoms with Gasteiger partial charge in [-0.1, -0.05) is 23.7 Å². The van der Waals surface area contributed by atoms with E-state index in [1.807, 2.05) is 13.0 Å². The molecule has 2 aromatic rings. The number of fused-ring (bicyclic) bond motifs is 1. The Bertz CT molecular complexity index is 1050. The normalized spacial score (nSPS) is 22.0. The summed E-state index contributed by atoms with van der Waals surface area (Å²) in [7, 11) is 1.59. The lowest BCUT2D eigenvalue weighted by atomic mass is 9.94. The summed E-state index contributed by atoms with van der Waals surface area (Å²) >= 11 is 6.04. The predicted octanol–water partition coefficient (Wildman–Crippen LogP) is 4.12. The smallest absolute Gasteiger partial charge is 0.295 e. The number of carbonyl (C=O) groups is 2. The zero-order valence-electron chi connectivity index (χ0n) is 17.4. The van der Waals surface area contributed by atoms with Gasteiger partial charge in [-0.2, -0.15) is 0 Å². The molecule has 0 aliphatic carbocycles. The monoisotopic (exact) mass is 441 g/mol. The largest absolute Gasteiger partial charge is 0.507 e. The number of carbonyl (C=O) groups excluding carboxylic acids is 2. The summed E-state index contributed by atoms with van der Waals surface area (Å²) in [5, 5.41) is 11.7. The van der Waals surface area contributed by atoms with E-state index in [9.17, 15) is 14.7 Å². The molecule has 2 heterocycles. The maximum atomic E-state index is 13.0. The number of benzene rings is 2. The fraction of sp³-hybridized carbons (Fsp3) is 0.333. The summed E-state index contributed by atoms with van der Waals surface area (Å²) in [6, 6.07) is 11.6. The molecular weight excluding hydrogens is 418 g/mol. The van der Waals surface area contributed by atoms with Crippen molar-refractivity contribution in [1.82, 2.24) is 4.90 Å². The Morgan fingerprint density at radius 1 is 1.23 bits per heavy atom. The number of nitrogens with zero attached hydrogens (tertiary/aromatic N) is 1. The number of aliphatic hydroxyl groups is 1. The molecule has 1 fully saturated rings. The molecule has 162 valence electrons. The molecule has 0 aromatic heterocycles. The molecule has 2 atom stereocenters. The highest BCUT2D eigenvalue weighted by atomic mass is 35.5. The molecule has 2 aromatic carbocycles. The van der Waals surface area contributed by atoms with Crippen LogP contribution in [0.15, 0.2) is 48.0 Å². The maximum absolute atomic E-state index is 13.0. The van der Waals surface area contributed by atoms with Crippen LogP contribution in [0.1, 0.15) is 36.1 Å². The molecule has 0 spiro atoms. The van der Waals surface area contributed by atoms with Crippen LogP contribution in [-0.2, 0) is 20.7 Å². The zero-order chi connectivity index (χ0) is 22.1. The van der Waals surface area contributed by atoms with Crippen LogP contribution >= 0.6 is 11.6 Å². The number of ether oxygens (including phenoxy) is 2. The quantitative estimate of drug-likeness (QED) is 0.316. The summed E-state index contributed by atoms with van der Waals surface area (Å²) in [6.45, 7) is 2.77. The summed E-state index contributed by atoms with van der Waals surface area (Å²) in [5.74, 6) is -0.732. The number of hydrogen-bond acceptors (Lipinski definition) is 5. The average Bonchev–Trinajstić information content (AvgIpc) is 3.25. The van der Waals surface area contributed by atoms with Crippen molar-refractivity contribution < 1.29 is 24.2 Å². The van der Waals surface area contributed by atoms with Crippen molar-refractivity contribution in [1.29, 1.82) is 0 Å². The average molecular weight is 442 g/mol. The van der Waals surface area contributed by atoms with Crippen molar-refractivity contribution in [2.24, 2.45) is 0 Å². The molecule has 0 saturated carbocycles. The van der Waals surface area contributed by atoms with E-state index < -0.39 is 17.7 Å². The third kappa shape index (κ3) is 4.05. The minimum Gasteiger partial charge on any atom is -0.507 e. The second-order valence-corrected chi connectivity index (χ2v) is 8.28. The van der Waals surface area contributed by atoms with Gasteiger partial charge in [0.1, 0.15) is 17.6 Å². The predicted molar refractivity (Wildman–Crippen MR) is 117 cm³/mol. The number of hydrogen-bond donors (Lipinski definition) is 1. The van der Waals surface area contributed by atoms with Crippen molar-refractivity contribution >= 4 is 29.1 Å². The first-order valence-electron chi connectivity index (χ1n) is 10.2. The van der Waals surface area contributed by atoms with Gasteiger partial charge in [0, 0.05) is 37.3 Å². The molecule has 31 heavy (non-hydrogen) atoms. The number of methoxy groups -OCH3 is 1. The molecule has 1 amide bonds. The topological polar surface area (TPSA) is 76.1 Å². The molecular formula is C24H24ClNO5. The summed E-state index contributed by atoms with van der Waals surface area (Å²) < 4.78 is 10.8. The van der Waals surface area contributed by atoms with Crippen LogP contribution in [0.2, 0.25) is 5.02 Å². The fourth-order valence-electron chi connectivity index (χ4n) is 4.21. The van der Waals surface area contributed by atoms with Crippen LogP contribution in [0.25, 0.3) is 5.76 Å². The molecule has 2 unspecified atom stereocenters. The van der Waals surface area contributed by atoms with Gasteiger partial charge in [0.25, 0.3) is 11.7 Å². The van der Waals surface area contributed by atoms with E-state index in [2.05, 4.69) is 0 Å². The van der Waals surface area contributed by atoms with Gasteiger partial charge in [0.05, 0.1) is 11.6 Å². The number of rotatable bonds is 6. The molecule has 2 aliphatic heterocycles. The Kier molecular flexibility index (Phi) is 6.03. The second-order valence-electron chi connectivity index (χ2n) is 7.85. The molecule has 1 N–H and O–H groups in total. The Morgan fingerprint density at radius 2 is 1.97 bits per heavy atom. The highest BCUT2D eigenvalue weighted by molar-refractivity contribution is 6.46. The Balaban J connectivity index is 1.79. The van der Waals surface area contributed by atoms with Gasteiger partial charge < -0.3 is 19.5 Å². The Morgan fingerprint density at radius 3 is 2.68 bits per heavy atom. The van der Waals surface area contributed by atoms with E-state index in [0.29, 0.717) is 35.7 Å². The first-order valence-corrected chi connectivity index (χ1v) is 10.6. The van der Waals surface area contributed by atoms with E-state index in [1.54, 1.807) is 43.5 Å². The lowest BCUT2D eigenvalue weighted by Gasteiger charge is -2.25. The lowest BCUT2D eigenvalue weighted by molar-refractivity contribution is -0.140. The third-order valence-corrected chi connectivity index (χ3v) is 5.89. The SMILES string of the molecule is COCCCN1C(=O)C(=O)C(=C(O)c2ccc3c(c2)CC(C)O3)C1c1ccc(Cl)cc1. The first kappa shape index (κ1) is 21.4.